The van der Waals surface area contributed by atoms with Crippen LogP contribution in [0.5, 0.6) is 0 Å². The Morgan fingerprint density at radius 1 is 0.917 bits per heavy atom. The lowest BCUT2D eigenvalue weighted by atomic mass is 10.4. The Labute approximate surface area is 159 Å². The Balaban J connectivity index is -0.000000112. The van der Waals surface area contributed by atoms with E-state index in [2.05, 4.69) is 52.9 Å². The molecule has 24 heavy (non-hydrogen) atoms. The summed E-state index contributed by atoms with van der Waals surface area (Å²) in [6, 6.07) is 0.685. The van der Waals surface area contributed by atoms with E-state index in [1.165, 1.54) is 6.26 Å². The quantitative estimate of drug-likeness (QED) is 0.709. The molecule has 0 radical (unpaired) electrons. The summed E-state index contributed by atoms with van der Waals surface area (Å²) in [5.41, 5.74) is 0. The minimum atomic E-state index is -2.74. The first kappa shape index (κ1) is 32.1. The monoisotopic (exact) mass is 405 g/mol. The normalized spacial score (nSPS) is 12.2. The van der Waals surface area contributed by atoms with Gasteiger partial charge in [-0.1, -0.05) is 27.7 Å². The molecule has 0 aromatic heterocycles. The van der Waals surface area contributed by atoms with Crippen molar-refractivity contribution >= 4 is 32.4 Å². The van der Waals surface area contributed by atoms with Gasteiger partial charge in [-0.3, -0.25) is 4.21 Å². The molecule has 0 heterocycles. The first-order chi connectivity index (χ1) is 10.5. The second kappa shape index (κ2) is 18.2. The van der Waals surface area contributed by atoms with Crippen LogP contribution >= 0.6 is 11.8 Å². The van der Waals surface area contributed by atoms with Crippen LogP contribution in [0.2, 0.25) is 0 Å². The van der Waals surface area contributed by atoms with Crippen LogP contribution in [0.1, 0.15) is 55.4 Å². The van der Waals surface area contributed by atoms with Gasteiger partial charge in [0.1, 0.15) is 9.84 Å². The third-order valence-electron chi connectivity index (χ3n) is 3.02. The average Bonchev–Trinajstić information content (AvgIpc) is 2.39. The van der Waals surface area contributed by atoms with Gasteiger partial charge in [0, 0.05) is 34.6 Å². The molecule has 1 atom stereocenters. The van der Waals surface area contributed by atoms with Crippen molar-refractivity contribution in [2.24, 2.45) is 0 Å². The van der Waals surface area contributed by atoms with Crippen molar-refractivity contribution < 1.29 is 12.6 Å². The lowest BCUT2D eigenvalue weighted by molar-refractivity contribution is 0.335. The molecule has 0 amide bonds. The summed E-state index contributed by atoms with van der Waals surface area (Å²) in [4.78, 5) is 2.17. The maximum atomic E-state index is 10.3. The van der Waals surface area contributed by atoms with Gasteiger partial charge in [0.2, 0.25) is 0 Å². The van der Waals surface area contributed by atoms with Crippen molar-refractivity contribution in [2.75, 3.05) is 32.9 Å². The number of nitrogens with zero attached hydrogens (tertiary/aromatic N) is 1. The van der Waals surface area contributed by atoms with Crippen LogP contribution in [0.25, 0.3) is 0 Å². The molecular weight excluding hydrogens is 362 g/mol. The summed E-state index contributed by atoms with van der Waals surface area (Å²) < 4.78 is 30.9. The van der Waals surface area contributed by atoms with Crippen molar-refractivity contribution in [3.05, 3.63) is 0 Å². The fourth-order valence-corrected chi connectivity index (χ4v) is 0. The largest absolute Gasteiger partial charge is 0.307 e. The molecule has 0 aromatic rings. The Morgan fingerprint density at radius 2 is 1.08 bits per heavy atom. The minimum Gasteiger partial charge on any atom is -0.307 e. The van der Waals surface area contributed by atoms with E-state index < -0.39 is 20.6 Å². The van der Waals surface area contributed by atoms with E-state index in [9.17, 15) is 12.6 Å². The molecule has 0 fully saturated rings. The minimum absolute atomic E-state index is 0.229. The summed E-state index contributed by atoms with van der Waals surface area (Å²) in [5, 5.41) is 0.896. The first-order valence-corrected chi connectivity index (χ1v) is 13.1. The highest BCUT2D eigenvalue weighted by Gasteiger charge is 2.05. The molecule has 0 bridgehead atoms. The maximum Gasteiger partial charge on any atom is 0.149 e. The highest BCUT2D eigenvalue weighted by Crippen LogP contribution is 2.00. The van der Waals surface area contributed by atoms with Crippen LogP contribution in [0.3, 0.4) is 0 Å². The molecule has 0 rings (SSSR count). The standard InChI is InChI=1S/C5H13N.C4H10O2S.C4H10OS.C4H10S/c1-5(2)6(3)4;1-4(2)7(3,5)6;1-4(2)6(3)5;1-4(2)5-3/h5H,1-4H3;4H,1-3H3;4H,1-3H3;4H,1-3H3. The molecule has 152 valence electrons. The zero-order valence-corrected chi connectivity index (χ0v) is 20.7. The number of rotatable bonds is 4. The third kappa shape index (κ3) is 38.1. The van der Waals surface area contributed by atoms with Crippen LogP contribution in [-0.2, 0) is 20.6 Å². The van der Waals surface area contributed by atoms with E-state index in [0.29, 0.717) is 11.3 Å². The fourth-order valence-electron chi connectivity index (χ4n) is 0. The van der Waals surface area contributed by atoms with E-state index in [0.717, 1.165) is 5.25 Å². The summed E-state index contributed by atoms with van der Waals surface area (Å²) in [6.45, 7) is 15.9. The zero-order valence-electron chi connectivity index (χ0n) is 18.2. The molecule has 4 nitrogen and oxygen atoms in total. The van der Waals surface area contributed by atoms with Crippen LogP contribution in [0, 0.1) is 0 Å². The molecule has 0 saturated heterocycles. The number of sulfone groups is 1. The van der Waals surface area contributed by atoms with Gasteiger partial charge < -0.3 is 4.90 Å². The second-order valence-corrected chi connectivity index (χ2v) is 12.7. The molecular formula is C17H43NO3S3. The van der Waals surface area contributed by atoms with E-state index in [1.807, 2.05) is 25.6 Å². The summed E-state index contributed by atoms with van der Waals surface area (Å²) >= 11 is 1.88. The Kier molecular flexibility index (Phi) is 24.4. The maximum absolute atomic E-state index is 10.3. The lowest BCUT2D eigenvalue weighted by Gasteiger charge is -2.12. The molecule has 0 aromatic carbocycles. The summed E-state index contributed by atoms with van der Waals surface area (Å²) in [7, 11) is 0.790. The molecule has 0 aliphatic heterocycles. The van der Waals surface area contributed by atoms with E-state index in [1.54, 1.807) is 20.1 Å². The van der Waals surface area contributed by atoms with Crippen molar-refractivity contribution in [2.45, 2.75) is 77.2 Å². The van der Waals surface area contributed by atoms with Crippen molar-refractivity contribution in [3.8, 4) is 0 Å². The average molecular weight is 406 g/mol. The van der Waals surface area contributed by atoms with Crippen molar-refractivity contribution in [1.29, 1.82) is 0 Å². The predicted octanol–water partition coefficient (Wildman–Crippen LogP) is 3.93. The van der Waals surface area contributed by atoms with E-state index >= 15 is 0 Å². The molecule has 7 heteroatoms. The van der Waals surface area contributed by atoms with E-state index in [4.69, 9.17) is 0 Å². The summed E-state index contributed by atoms with van der Waals surface area (Å²) in [6.07, 6.45) is 5.06. The van der Waals surface area contributed by atoms with Crippen LogP contribution in [0.4, 0.5) is 0 Å². The van der Waals surface area contributed by atoms with Crippen LogP contribution in [-0.4, -0.2) is 72.2 Å². The van der Waals surface area contributed by atoms with Crippen molar-refractivity contribution in [3.63, 3.8) is 0 Å². The van der Waals surface area contributed by atoms with Crippen LogP contribution < -0.4 is 0 Å². The Bertz CT molecular complexity index is 371. The lowest BCUT2D eigenvalue weighted by Crippen LogP contribution is -2.20. The highest BCUT2D eigenvalue weighted by molar-refractivity contribution is 7.99. The number of hydrogen-bond donors (Lipinski definition) is 0. The molecule has 0 aliphatic carbocycles. The van der Waals surface area contributed by atoms with Gasteiger partial charge in [0.05, 0.1) is 5.25 Å². The fraction of sp³-hybridized carbons (Fsp3) is 1.00. The predicted molar refractivity (Wildman–Crippen MR) is 117 cm³/mol. The van der Waals surface area contributed by atoms with Gasteiger partial charge in [0.25, 0.3) is 0 Å². The van der Waals surface area contributed by atoms with E-state index in [-0.39, 0.29) is 5.25 Å². The number of thioether (sulfide) groups is 1. The molecule has 0 aliphatic rings. The van der Waals surface area contributed by atoms with Gasteiger partial charge in [-0.25, -0.2) is 8.42 Å². The smallest absolute Gasteiger partial charge is 0.149 e. The topological polar surface area (TPSA) is 54.5 Å². The molecule has 0 spiro atoms. The zero-order chi connectivity index (χ0) is 20.7. The third-order valence-corrected chi connectivity index (χ3v) is 7.01. The molecule has 0 saturated carbocycles. The van der Waals surface area contributed by atoms with Gasteiger partial charge in [-0.05, 0) is 53.3 Å². The van der Waals surface area contributed by atoms with Gasteiger partial charge >= 0.3 is 0 Å². The van der Waals surface area contributed by atoms with Gasteiger partial charge in [-0.2, -0.15) is 11.8 Å². The van der Waals surface area contributed by atoms with Crippen LogP contribution in [0.15, 0.2) is 0 Å². The van der Waals surface area contributed by atoms with Crippen molar-refractivity contribution in [1.82, 2.24) is 4.90 Å². The van der Waals surface area contributed by atoms with Gasteiger partial charge in [-0.15, -0.1) is 0 Å². The highest BCUT2D eigenvalue weighted by atomic mass is 32.2. The number of hydrogen-bond acceptors (Lipinski definition) is 5. The summed E-state index contributed by atoms with van der Waals surface area (Å²) in [5.74, 6) is 0. The second-order valence-electron chi connectivity index (χ2n) is 6.77. The SMILES string of the molecule is CC(C)N(C)C.CC(C)S(C)(=O)=O.CC(C)S(C)=O.CSC(C)C. The first-order valence-electron chi connectivity index (χ1n) is 8.20. The Morgan fingerprint density at radius 3 is 1.08 bits per heavy atom. The molecule has 1 unspecified atom stereocenters. The Hall–Kier alpha value is 0.410. The van der Waals surface area contributed by atoms with Gasteiger partial charge in [0.15, 0.2) is 0 Å². The molecule has 0 N–H and O–H groups in total.